The highest BCUT2D eigenvalue weighted by Gasteiger charge is 2.06. The van der Waals surface area contributed by atoms with Gasteiger partial charge >= 0.3 is 0 Å². The first-order valence-electron chi connectivity index (χ1n) is 7.17. The van der Waals surface area contributed by atoms with Crippen molar-refractivity contribution in [2.45, 2.75) is 52.5 Å². The van der Waals surface area contributed by atoms with Crippen molar-refractivity contribution >= 4 is 11.3 Å². The van der Waals surface area contributed by atoms with E-state index >= 15 is 0 Å². The molecular formula is C15H27NOS. The average Bonchev–Trinajstić information content (AvgIpc) is 2.86. The third kappa shape index (κ3) is 5.98. The molecule has 2 nitrogen and oxygen atoms in total. The largest absolute Gasteiger partial charge is 0.381 e. The fourth-order valence-corrected chi connectivity index (χ4v) is 2.74. The lowest BCUT2D eigenvalue weighted by Gasteiger charge is -2.12. The highest BCUT2D eigenvalue weighted by atomic mass is 32.1. The number of thiophene rings is 1. The molecule has 1 aromatic heterocycles. The van der Waals surface area contributed by atoms with Crippen LogP contribution >= 0.6 is 11.3 Å². The van der Waals surface area contributed by atoms with E-state index in [0.29, 0.717) is 6.04 Å². The van der Waals surface area contributed by atoms with Crippen molar-refractivity contribution in [1.82, 2.24) is 5.32 Å². The Balaban J connectivity index is 2.08. The zero-order valence-corrected chi connectivity index (χ0v) is 12.8. The van der Waals surface area contributed by atoms with Gasteiger partial charge in [-0.15, -0.1) is 11.3 Å². The topological polar surface area (TPSA) is 21.3 Å². The maximum Gasteiger partial charge on any atom is 0.0478 e. The van der Waals surface area contributed by atoms with Gasteiger partial charge in [0, 0.05) is 29.0 Å². The summed E-state index contributed by atoms with van der Waals surface area (Å²) in [6, 6.07) is 4.95. The summed E-state index contributed by atoms with van der Waals surface area (Å²) in [5.41, 5.74) is 0. The zero-order valence-electron chi connectivity index (χ0n) is 12.0. The fourth-order valence-electron chi connectivity index (χ4n) is 1.76. The van der Waals surface area contributed by atoms with Crippen LogP contribution in [0.5, 0.6) is 0 Å². The lowest BCUT2D eigenvalue weighted by molar-refractivity contribution is 0.128. The van der Waals surface area contributed by atoms with E-state index < -0.39 is 0 Å². The first-order chi connectivity index (χ1) is 8.77. The molecule has 0 aliphatic heterocycles. The van der Waals surface area contributed by atoms with E-state index in [1.165, 1.54) is 22.6 Å². The van der Waals surface area contributed by atoms with Crippen molar-refractivity contribution < 1.29 is 4.74 Å². The van der Waals surface area contributed by atoms with Crippen LogP contribution in [0.25, 0.3) is 0 Å². The quantitative estimate of drug-likeness (QED) is 0.644. The molecule has 1 aromatic rings. The Morgan fingerprint density at radius 3 is 2.67 bits per heavy atom. The minimum Gasteiger partial charge on any atom is -0.381 e. The van der Waals surface area contributed by atoms with Crippen LogP contribution in [0.4, 0.5) is 0 Å². The van der Waals surface area contributed by atoms with E-state index in [9.17, 15) is 0 Å². The van der Waals surface area contributed by atoms with Crippen LogP contribution < -0.4 is 5.32 Å². The molecule has 0 spiro atoms. The Morgan fingerprint density at radius 2 is 2.00 bits per heavy atom. The molecular weight excluding hydrogens is 242 g/mol. The van der Waals surface area contributed by atoms with Crippen LogP contribution in [-0.2, 0) is 11.2 Å². The number of unbranched alkanes of at least 4 members (excludes halogenated alkanes) is 1. The molecule has 1 N–H and O–H groups in total. The van der Waals surface area contributed by atoms with E-state index in [-0.39, 0.29) is 0 Å². The van der Waals surface area contributed by atoms with Gasteiger partial charge in [-0.2, -0.15) is 0 Å². The average molecular weight is 269 g/mol. The summed E-state index contributed by atoms with van der Waals surface area (Å²) in [6.45, 7) is 9.47. The first-order valence-corrected chi connectivity index (χ1v) is 7.99. The second-order valence-electron chi connectivity index (χ2n) is 4.65. The maximum atomic E-state index is 5.55. The van der Waals surface area contributed by atoms with Crippen LogP contribution in [0, 0.1) is 0 Å². The van der Waals surface area contributed by atoms with Crippen molar-refractivity contribution in [1.29, 1.82) is 0 Å². The molecule has 0 aliphatic rings. The molecule has 0 radical (unpaired) electrons. The van der Waals surface area contributed by atoms with Crippen LogP contribution in [0.3, 0.4) is 0 Å². The number of hydrogen-bond donors (Lipinski definition) is 1. The molecule has 0 saturated heterocycles. The number of nitrogens with one attached hydrogen (secondary N) is 1. The van der Waals surface area contributed by atoms with E-state index in [2.05, 4.69) is 38.2 Å². The highest BCUT2D eigenvalue weighted by Crippen LogP contribution is 2.23. The number of ether oxygens (including phenoxy) is 1. The SMILES string of the molecule is CCCCOCCCNC(C)c1ccc(CC)s1. The lowest BCUT2D eigenvalue weighted by atomic mass is 10.2. The minimum absolute atomic E-state index is 0.464. The standard InChI is InChI=1S/C15H27NOS/c1-4-6-11-17-12-7-10-16-13(3)15-9-8-14(5-2)18-15/h8-9,13,16H,4-7,10-12H2,1-3H3. The molecule has 0 fully saturated rings. The maximum absolute atomic E-state index is 5.55. The molecule has 1 heterocycles. The Labute approximate surface area is 116 Å². The minimum atomic E-state index is 0.464. The van der Waals surface area contributed by atoms with Crippen molar-refractivity contribution in [3.63, 3.8) is 0 Å². The van der Waals surface area contributed by atoms with Gasteiger partial charge in [-0.05, 0) is 44.9 Å². The number of hydrogen-bond acceptors (Lipinski definition) is 3. The van der Waals surface area contributed by atoms with Gasteiger partial charge < -0.3 is 10.1 Å². The fraction of sp³-hybridized carbons (Fsp3) is 0.733. The van der Waals surface area contributed by atoms with Gasteiger partial charge in [0.1, 0.15) is 0 Å². The summed E-state index contributed by atoms with van der Waals surface area (Å²) in [7, 11) is 0. The molecule has 18 heavy (non-hydrogen) atoms. The third-order valence-corrected chi connectivity index (χ3v) is 4.43. The molecule has 1 unspecified atom stereocenters. The molecule has 0 saturated carbocycles. The van der Waals surface area contributed by atoms with Gasteiger partial charge in [0.25, 0.3) is 0 Å². The summed E-state index contributed by atoms with van der Waals surface area (Å²) in [6.07, 6.45) is 4.63. The lowest BCUT2D eigenvalue weighted by Crippen LogP contribution is -2.20. The Bertz CT molecular complexity index is 311. The second kappa shape index (κ2) is 9.54. The van der Waals surface area contributed by atoms with Crippen molar-refractivity contribution in [2.24, 2.45) is 0 Å². The number of rotatable bonds is 10. The monoisotopic (exact) mass is 269 g/mol. The molecule has 1 rings (SSSR count). The predicted octanol–water partition coefficient (Wildman–Crippen LogP) is 4.17. The Morgan fingerprint density at radius 1 is 1.22 bits per heavy atom. The molecule has 1 atom stereocenters. The summed E-state index contributed by atoms with van der Waals surface area (Å²) in [5.74, 6) is 0. The molecule has 104 valence electrons. The third-order valence-electron chi connectivity index (χ3n) is 3.02. The predicted molar refractivity (Wildman–Crippen MR) is 80.5 cm³/mol. The molecule has 3 heteroatoms. The number of aryl methyl sites for hydroxylation is 1. The van der Waals surface area contributed by atoms with Crippen molar-refractivity contribution in [2.75, 3.05) is 19.8 Å². The van der Waals surface area contributed by atoms with Crippen LogP contribution in [-0.4, -0.2) is 19.8 Å². The summed E-state index contributed by atoms with van der Waals surface area (Å²) in [4.78, 5) is 2.92. The second-order valence-corrected chi connectivity index (χ2v) is 5.85. The smallest absolute Gasteiger partial charge is 0.0478 e. The van der Waals surface area contributed by atoms with Crippen LogP contribution in [0.2, 0.25) is 0 Å². The van der Waals surface area contributed by atoms with Gasteiger partial charge in [-0.25, -0.2) is 0 Å². The first kappa shape index (κ1) is 15.7. The zero-order chi connectivity index (χ0) is 13.2. The van der Waals surface area contributed by atoms with Crippen LogP contribution in [0.15, 0.2) is 12.1 Å². The highest BCUT2D eigenvalue weighted by molar-refractivity contribution is 7.12. The van der Waals surface area contributed by atoms with Crippen molar-refractivity contribution in [3.05, 3.63) is 21.9 Å². The summed E-state index contributed by atoms with van der Waals surface area (Å²) < 4.78 is 5.55. The van der Waals surface area contributed by atoms with Crippen LogP contribution in [0.1, 0.15) is 55.8 Å². The van der Waals surface area contributed by atoms with Gasteiger partial charge in [-0.1, -0.05) is 20.3 Å². The van der Waals surface area contributed by atoms with Gasteiger partial charge in [0.05, 0.1) is 0 Å². The Kier molecular flexibility index (Phi) is 8.31. The molecule has 0 aromatic carbocycles. The Hall–Kier alpha value is -0.380. The van der Waals surface area contributed by atoms with E-state index in [1.54, 1.807) is 0 Å². The molecule has 0 bridgehead atoms. The van der Waals surface area contributed by atoms with Gasteiger partial charge in [-0.3, -0.25) is 0 Å². The van der Waals surface area contributed by atoms with Gasteiger partial charge in [0.15, 0.2) is 0 Å². The summed E-state index contributed by atoms with van der Waals surface area (Å²) in [5, 5.41) is 3.56. The normalized spacial score (nSPS) is 12.8. The van der Waals surface area contributed by atoms with Crippen molar-refractivity contribution in [3.8, 4) is 0 Å². The molecule has 0 amide bonds. The summed E-state index contributed by atoms with van der Waals surface area (Å²) >= 11 is 1.92. The van der Waals surface area contributed by atoms with Gasteiger partial charge in [0.2, 0.25) is 0 Å². The van der Waals surface area contributed by atoms with E-state index in [1.807, 2.05) is 11.3 Å². The van der Waals surface area contributed by atoms with E-state index in [4.69, 9.17) is 4.74 Å². The van der Waals surface area contributed by atoms with E-state index in [0.717, 1.165) is 32.6 Å². The molecule has 0 aliphatic carbocycles.